The topological polar surface area (TPSA) is 67.4 Å². The Morgan fingerprint density at radius 3 is 2.46 bits per heavy atom. The number of nitrogens with one attached hydrogen (secondary N) is 2. The van der Waals surface area contributed by atoms with Crippen molar-refractivity contribution in [1.29, 1.82) is 0 Å². The minimum atomic E-state index is 0. The maximum absolute atomic E-state index is 5.50. The Labute approximate surface area is 173 Å². The van der Waals surface area contributed by atoms with Gasteiger partial charge in [0.1, 0.15) is 5.75 Å². The van der Waals surface area contributed by atoms with Crippen molar-refractivity contribution in [1.82, 2.24) is 15.5 Å². The number of morpholine rings is 1. The minimum absolute atomic E-state index is 0. The molecule has 0 aliphatic carbocycles. The van der Waals surface area contributed by atoms with Crippen molar-refractivity contribution in [3.63, 3.8) is 0 Å². The average Bonchev–Trinajstić information content (AvgIpc) is 2.68. The Hall–Kier alpha value is -1.10. The van der Waals surface area contributed by atoms with Gasteiger partial charge in [0.2, 0.25) is 0 Å². The number of benzene rings is 1. The highest BCUT2D eigenvalue weighted by molar-refractivity contribution is 14.0. The van der Waals surface area contributed by atoms with E-state index >= 15 is 0 Å². The van der Waals surface area contributed by atoms with E-state index in [1.165, 1.54) is 5.56 Å². The van der Waals surface area contributed by atoms with E-state index in [2.05, 4.69) is 32.7 Å². The molecule has 1 heterocycles. The van der Waals surface area contributed by atoms with Gasteiger partial charge in [0.25, 0.3) is 0 Å². The number of hydrogen-bond donors (Lipinski definition) is 2. The first kappa shape index (κ1) is 22.9. The zero-order valence-corrected chi connectivity index (χ0v) is 18.2. The van der Waals surface area contributed by atoms with Crippen LogP contribution in [0.25, 0.3) is 0 Å². The van der Waals surface area contributed by atoms with Gasteiger partial charge in [0.15, 0.2) is 5.96 Å². The molecule has 0 bridgehead atoms. The second-order valence-electron chi connectivity index (χ2n) is 5.81. The molecule has 7 nitrogen and oxygen atoms in total. The summed E-state index contributed by atoms with van der Waals surface area (Å²) in [5.41, 5.74) is 1.25. The van der Waals surface area contributed by atoms with Crippen molar-refractivity contribution in [2.24, 2.45) is 4.99 Å². The molecule has 0 spiro atoms. The van der Waals surface area contributed by atoms with E-state index in [0.717, 1.165) is 51.1 Å². The van der Waals surface area contributed by atoms with Crippen LogP contribution in [0.15, 0.2) is 29.3 Å². The molecular weight excluding hydrogens is 447 g/mol. The third-order valence-corrected chi connectivity index (χ3v) is 4.27. The molecule has 0 saturated carbocycles. The predicted octanol–water partition coefficient (Wildman–Crippen LogP) is 1.50. The number of hydrogen-bond acceptors (Lipinski definition) is 5. The molecule has 0 radical (unpaired) electrons. The summed E-state index contributed by atoms with van der Waals surface area (Å²) in [5.74, 6) is 1.65. The van der Waals surface area contributed by atoms with Gasteiger partial charge in [-0.1, -0.05) is 12.1 Å². The van der Waals surface area contributed by atoms with Crippen LogP contribution in [0.5, 0.6) is 5.75 Å². The monoisotopic (exact) mass is 478 g/mol. The van der Waals surface area contributed by atoms with Crippen LogP contribution in [0.1, 0.15) is 11.6 Å². The molecule has 0 amide bonds. The fourth-order valence-electron chi connectivity index (χ4n) is 2.86. The second-order valence-corrected chi connectivity index (χ2v) is 5.81. The van der Waals surface area contributed by atoms with E-state index < -0.39 is 0 Å². The summed E-state index contributed by atoms with van der Waals surface area (Å²) in [7, 11) is 5.15. The number of methoxy groups -OCH3 is 2. The smallest absolute Gasteiger partial charge is 0.191 e. The van der Waals surface area contributed by atoms with E-state index in [1.54, 1.807) is 21.3 Å². The highest BCUT2D eigenvalue weighted by atomic mass is 127. The largest absolute Gasteiger partial charge is 0.497 e. The van der Waals surface area contributed by atoms with Crippen LogP contribution in [0.3, 0.4) is 0 Å². The van der Waals surface area contributed by atoms with Gasteiger partial charge in [0.05, 0.1) is 33.0 Å². The zero-order valence-electron chi connectivity index (χ0n) is 15.9. The molecule has 2 rings (SSSR count). The third-order valence-electron chi connectivity index (χ3n) is 4.27. The van der Waals surface area contributed by atoms with Gasteiger partial charge < -0.3 is 24.8 Å². The maximum Gasteiger partial charge on any atom is 0.191 e. The fraction of sp³-hybridized carbons (Fsp3) is 0.611. The van der Waals surface area contributed by atoms with Crippen LogP contribution in [0.4, 0.5) is 0 Å². The summed E-state index contributed by atoms with van der Waals surface area (Å²) in [4.78, 5) is 6.72. The average molecular weight is 478 g/mol. The summed E-state index contributed by atoms with van der Waals surface area (Å²) in [6, 6.07) is 8.52. The van der Waals surface area contributed by atoms with Crippen molar-refractivity contribution >= 4 is 29.9 Å². The van der Waals surface area contributed by atoms with E-state index in [-0.39, 0.29) is 30.0 Å². The molecule has 1 fully saturated rings. The summed E-state index contributed by atoms with van der Waals surface area (Å²) in [6.45, 7) is 5.52. The van der Waals surface area contributed by atoms with Gasteiger partial charge in [-0.25, -0.2) is 0 Å². The number of guanidine groups is 1. The standard InChI is InChI=1S/C18H30N4O3.HI/c1-19-18(20-8-11-23-2)21-14-17(22-9-12-25-13-10-22)15-4-6-16(24-3)7-5-15;/h4-7,17H,8-14H2,1-3H3,(H2,19,20,21);1H. The van der Waals surface area contributed by atoms with Gasteiger partial charge in [0, 0.05) is 40.3 Å². The lowest BCUT2D eigenvalue weighted by Gasteiger charge is -2.35. The molecule has 1 aromatic carbocycles. The molecular formula is C18H31IN4O3. The lowest BCUT2D eigenvalue weighted by atomic mass is 10.0. The van der Waals surface area contributed by atoms with Crippen LogP contribution >= 0.6 is 24.0 Å². The Bertz CT molecular complexity index is 522. The molecule has 8 heteroatoms. The fourth-order valence-corrected chi connectivity index (χ4v) is 2.86. The van der Waals surface area contributed by atoms with Gasteiger partial charge in [-0.3, -0.25) is 9.89 Å². The van der Waals surface area contributed by atoms with Crippen molar-refractivity contribution in [2.45, 2.75) is 6.04 Å². The van der Waals surface area contributed by atoms with E-state index in [0.29, 0.717) is 6.61 Å². The Balaban J connectivity index is 0.00000338. The van der Waals surface area contributed by atoms with Crippen LogP contribution in [0, 0.1) is 0 Å². The number of ether oxygens (including phenoxy) is 3. The molecule has 1 saturated heterocycles. The first-order valence-corrected chi connectivity index (χ1v) is 8.67. The van der Waals surface area contributed by atoms with E-state index in [4.69, 9.17) is 14.2 Å². The summed E-state index contributed by atoms with van der Waals surface area (Å²) in [6.07, 6.45) is 0. The number of nitrogens with zero attached hydrogens (tertiary/aromatic N) is 2. The Morgan fingerprint density at radius 2 is 1.88 bits per heavy atom. The lowest BCUT2D eigenvalue weighted by molar-refractivity contribution is 0.0170. The summed E-state index contributed by atoms with van der Waals surface area (Å²) in [5, 5.41) is 6.67. The van der Waals surface area contributed by atoms with Crippen molar-refractivity contribution in [3.8, 4) is 5.75 Å². The van der Waals surface area contributed by atoms with Crippen molar-refractivity contribution < 1.29 is 14.2 Å². The Morgan fingerprint density at radius 1 is 1.19 bits per heavy atom. The third kappa shape index (κ3) is 7.26. The van der Waals surface area contributed by atoms with Gasteiger partial charge >= 0.3 is 0 Å². The lowest BCUT2D eigenvalue weighted by Crippen LogP contribution is -2.46. The Kier molecular flexibility index (Phi) is 11.6. The highest BCUT2D eigenvalue weighted by Crippen LogP contribution is 2.23. The molecule has 1 aliphatic rings. The normalized spacial score (nSPS) is 16.5. The number of rotatable bonds is 8. The molecule has 1 aliphatic heterocycles. The van der Waals surface area contributed by atoms with Crippen LogP contribution < -0.4 is 15.4 Å². The molecule has 148 valence electrons. The van der Waals surface area contributed by atoms with Crippen molar-refractivity contribution in [3.05, 3.63) is 29.8 Å². The maximum atomic E-state index is 5.50. The molecule has 0 aromatic heterocycles. The first-order valence-electron chi connectivity index (χ1n) is 8.67. The first-order chi connectivity index (χ1) is 12.3. The van der Waals surface area contributed by atoms with E-state index in [1.807, 2.05) is 12.1 Å². The van der Waals surface area contributed by atoms with Gasteiger partial charge in [-0.2, -0.15) is 0 Å². The molecule has 1 unspecified atom stereocenters. The zero-order chi connectivity index (χ0) is 17.9. The highest BCUT2D eigenvalue weighted by Gasteiger charge is 2.23. The minimum Gasteiger partial charge on any atom is -0.497 e. The molecule has 2 N–H and O–H groups in total. The van der Waals surface area contributed by atoms with Gasteiger partial charge in [-0.05, 0) is 17.7 Å². The molecule has 26 heavy (non-hydrogen) atoms. The summed E-state index contributed by atoms with van der Waals surface area (Å²) >= 11 is 0. The SMILES string of the molecule is CN=C(NCCOC)NCC(c1ccc(OC)cc1)N1CCOCC1.I. The van der Waals surface area contributed by atoms with Crippen molar-refractivity contribution in [2.75, 3.05) is 67.3 Å². The number of halogens is 1. The van der Waals surface area contributed by atoms with Crippen LogP contribution in [0.2, 0.25) is 0 Å². The second kappa shape index (κ2) is 13.1. The molecule has 1 atom stereocenters. The predicted molar refractivity (Wildman–Crippen MR) is 115 cm³/mol. The van der Waals surface area contributed by atoms with E-state index in [9.17, 15) is 0 Å². The van der Waals surface area contributed by atoms with Crippen LogP contribution in [-0.4, -0.2) is 78.1 Å². The van der Waals surface area contributed by atoms with Crippen LogP contribution in [-0.2, 0) is 9.47 Å². The summed E-state index contributed by atoms with van der Waals surface area (Å²) < 4.78 is 15.8. The number of aliphatic imine (C=N–C) groups is 1. The quantitative estimate of drug-likeness (QED) is 0.256. The molecule has 1 aromatic rings. The van der Waals surface area contributed by atoms with Gasteiger partial charge in [-0.15, -0.1) is 24.0 Å².